The van der Waals surface area contributed by atoms with Crippen LogP contribution in [-0.4, -0.2) is 11.6 Å². The Hall–Kier alpha value is -2.74. The summed E-state index contributed by atoms with van der Waals surface area (Å²) in [5, 5.41) is 0. The van der Waals surface area contributed by atoms with Gasteiger partial charge in [-0.05, 0) is 48.1 Å². The molecule has 0 heterocycles. The van der Waals surface area contributed by atoms with E-state index in [2.05, 4.69) is 19.2 Å². The Morgan fingerprint density at radius 1 is 1.00 bits per heavy atom. The number of allylic oxidation sites excluding steroid dienone is 2. The third-order valence-electron chi connectivity index (χ3n) is 4.47. The fraction of sp³-hybridized carbons (Fsp3) is 0.182. The molecule has 0 bridgehead atoms. The molecular formula is C22H20O2. The van der Waals surface area contributed by atoms with Crippen LogP contribution >= 0.6 is 0 Å². The van der Waals surface area contributed by atoms with Crippen molar-refractivity contribution in [2.45, 2.75) is 26.7 Å². The number of carbonyl (C=O) groups excluding carboxylic acids is 2. The molecule has 0 N–H and O–H groups in total. The number of ketones is 2. The van der Waals surface area contributed by atoms with E-state index < -0.39 is 0 Å². The van der Waals surface area contributed by atoms with Crippen molar-refractivity contribution in [3.05, 3.63) is 82.9 Å². The Labute approximate surface area is 142 Å². The molecule has 1 aliphatic rings. The molecule has 0 aliphatic heterocycles. The van der Waals surface area contributed by atoms with Gasteiger partial charge in [-0.15, -0.1) is 0 Å². The Kier molecular flexibility index (Phi) is 4.06. The van der Waals surface area contributed by atoms with Gasteiger partial charge in [-0.1, -0.05) is 55.1 Å². The van der Waals surface area contributed by atoms with Gasteiger partial charge in [0.05, 0.1) is 0 Å². The maximum Gasteiger partial charge on any atom is 0.167 e. The zero-order valence-electron chi connectivity index (χ0n) is 14.1. The van der Waals surface area contributed by atoms with E-state index >= 15 is 0 Å². The van der Waals surface area contributed by atoms with Gasteiger partial charge < -0.3 is 0 Å². The minimum absolute atomic E-state index is 0.0480. The fourth-order valence-corrected chi connectivity index (χ4v) is 3.22. The lowest BCUT2D eigenvalue weighted by molar-refractivity contribution is 0.0999. The van der Waals surface area contributed by atoms with Crippen LogP contribution in [-0.2, 0) is 6.42 Å². The van der Waals surface area contributed by atoms with E-state index in [0.29, 0.717) is 12.0 Å². The van der Waals surface area contributed by atoms with Crippen molar-refractivity contribution < 1.29 is 9.59 Å². The Morgan fingerprint density at radius 2 is 1.67 bits per heavy atom. The van der Waals surface area contributed by atoms with Crippen molar-refractivity contribution in [3.8, 4) is 0 Å². The van der Waals surface area contributed by atoms with Gasteiger partial charge in [0.1, 0.15) is 0 Å². The molecule has 24 heavy (non-hydrogen) atoms. The van der Waals surface area contributed by atoms with Gasteiger partial charge in [0.15, 0.2) is 11.6 Å². The molecule has 120 valence electrons. The van der Waals surface area contributed by atoms with Crippen molar-refractivity contribution in [1.29, 1.82) is 0 Å². The first-order chi connectivity index (χ1) is 11.4. The molecule has 0 radical (unpaired) electrons. The molecular weight excluding hydrogens is 296 g/mol. The van der Waals surface area contributed by atoms with Crippen LogP contribution < -0.4 is 0 Å². The Morgan fingerprint density at radius 3 is 2.33 bits per heavy atom. The lowest BCUT2D eigenvalue weighted by Gasteiger charge is -2.11. The second kappa shape index (κ2) is 6.04. The molecule has 2 heteroatoms. The maximum absolute atomic E-state index is 11.9. The topological polar surface area (TPSA) is 34.1 Å². The number of hydrogen-bond acceptors (Lipinski definition) is 2. The third kappa shape index (κ3) is 2.88. The SMILES string of the molecule is C=C(C)c1cc(Cc2ccc3c(c2)C(=C)CC3=O)ccc1C(C)=O. The fourth-order valence-electron chi connectivity index (χ4n) is 3.22. The lowest BCUT2D eigenvalue weighted by atomic mass is 9.93. The summed E-state index contributed by atoms with van der Waals surface area (Å²) in [7, 11) is 0. The summed E-state index contributed by atoms with van der Waals surface area (Å²) in [6.45, 7) is 11.5. The zero-order valence-corrected chi connectivity index (χ0v) is 14.1. The highest BCUT2D eigenvalue weighted by molar-refractivity contribution is 6.11. The highest BCUT2D eigenvalue weighted by Crippen LogP contribution is 2.32. The molecule has 0 spiro atoms. The van der Waals surface area contributed by atoms with Gasteiger partial charge >= 0.3 is 0 Å². The van der Waals surface area contributed by atoms with Crippen LogP contribution in [0.4, 0.5) is 0 Å². The predicted molar refractivity (Wildman–Crippen MR) is 98.4 cm³/mol. The van der Waals surface area contributed by atoms with Gasteiger partial charge in [-0.3, -0.25) is 9.59 Å². The minimum Gasteiger partial charge on any atom is -0.294 e. The Bertz CT molecular complexity index is 900. The van der Waals surface area contributed by atoms with Crippen molar-refractivity contribution in [2.24, 2.45) is 0 Å². The molecule has 1 aliphatic carbocycles. The van der Waals surface area contributed by atoms with Gasteiger partial charge in [0.25, 0.3) is 0 Å². The highest BCUT2D eigenvalue weighted by atomic mass is 16.1. The van der Waals surface area contributed by atoms with Crippen LogP contribution in [0.15, 0.2) is 49.6 Å². The van der Waals surface area contributed by atoms with Crippen LogP contribution in [0.3, 0.4) is 0 Å². The summed E-state index contributed by atoms with van der Waals surface area (Å²) in [5.74, 6) is 0.198. The molecule has 2 aromatic rings. The number of carbonyl (C=O) groups is 2. The minimum atomic E-state index is 0.0480. The first kappa shape index (κ1) is 16.1. The molecule has 0 saturated carbocycles. The molecule has 2 nitrogen and oxygen atoms in total. The van der Waals surface area contributed by atoms with E-state index in [1.165, 1.54) is 0 Å². The number of benzene rings is 2. The lowest BCUT2D eigenvalue weighted by Crippen LogP contribution is -2.00. The van der Waals surface area contributed by atoms with E-state index in [1.807, 2.05) is 37.3 Å². The van der Waals surface area contributed by atoms with Crippen LogP contribution in [0.25, 0.3) is 11.1 Å². The van der Waals surface area contributed by atoms with E-state index in [4.69, 9.17) is 0 Å². The average molecular weight is 316 g/mol. The molecule has 3 rings (SSSR count). The second-order valence-electron chi connectivity index (χ2n) is 6.48. The molecule has 0 aromatic heterocycles. The zero-order chi connectivity index (χ0) is 17.4. The summed E-state index contributed by atoms with van der Waals surface area (Å²) >= 11 is 0. The summed E-state index contributed by atoms with van der Waals surface area (Å²) < 4.78 is 0. The standard InChI is InChI=1S/C22H20O2/c1-13(2)20-11-16(5-7-18(20)15(4)23)10-17-6-8-19-21(12-17)14(3)9-22(19)24/h5-8,11-12H,1,3,9-10H2,2,4H3. The Balaban J connectivity index is 1.95. The number of Topliss-reactive ketones (excluding diaryl/α,β-unsaturated/α-hetero) is 2. The third-order valence-corrected chi connectivity index (χ3v) is 4.47. The average Bonchev–Trinajstić information content (AvgIpc) is 2.81. The van der Waals surface area contributed by atoms with E-state index in [1.54, 1.807) is 6.92 Å². The van der Waals surface area contributed by atoms with Gasteiger partial charge in [-0.2, -0.15) is 0 Å². The molecule has 0 amide bonds. The van der Waals surface area contributed by atoms with Crippen LogP contribution in [0.1, 0.15) is 63.2 Å². The van der Waals surface area contributed by atoms with E-state index in [9.17, 15) is 9.59 Å². The number of hydrogen-bond donors (Lipinski definition) is 0. The summed E-state index contributed by atoms with van der Waals surface area (Å²) in [4.78, 5) is 23.6. The molecule has 0 atom stereocenters. The van der Waals surface area contributed by atoms with Crippen LogP contribution in [0.5, 0.6) is 0 Å². The highest BCUT2D eigenvalue weighted by Gasteiger charge is 2.22. The number of rotatable bonds is 4. The molecule has 0 fully saturated rings. The largest absolute Gasteiger partial charge is 0.294 e. The summed E-state index contributed by atoms with van der Waals surface area (Å²) in [5.41, 5.74) is 7.39. The van der Waals surface area contributed by atoms with Crippen molar-refractivity contribution >= 4 is 22.7 Å². The van der Waals surface area contributed by atoms with Crippen LogP contribution in [0, 0.1) is 0 Å². The molecule has 2 aromatic carbocycles. The quantitative estimate of drug-likeness (QED) is 0.734. The normalized spacial score (nSPS) is 13.1. The van der Waals surface area contributed by atoms with Gasteiger partial charge in [0.2, 0.25) is 0 Å². The van der Waals surface area contributed by atoms with E-state index in [-0.39, 0.29) is 11.6 Å². The molecule has 0 saturated heterocycles. The first-order valence-electron chi connectivity index (χ1n) is 8.01. The summed E-state index contributed by atoms with van der Waals surface area (Å²) in [6, 6.07) is 11.8. The first-order valence-corrected chi connectivity index (χ1v) is 8.01. The monoisotopic (exact) mass is 316 g/mol. The van der Waals surface area contributed by atoms with Gasteiger partial charge in [0, 0.05) is 17.5 Å². The van der Waals surface area contributed by atoms with Crippen LogP contribution in [0.2, 0.25) is 0 Å². The van der Waals surface area contributed by atoms with Crippen molar-refractivity contribution in [2.75, 3.05) is 0 Å². The van der Waals surface area contributed by atoms with Crippen molar-refractivity contribution in [3.63, 3.8) is 0 Å². The van der Waals surface area contributed by atoms with E-state index in [0.717, 1.165) is 45.4 Å². The smallest absolute Gasteiger partial charge is 0.167 e. The second-order valence-corrected chi connectivity index (χ2v) is 6.48. The predicted octanol–water partition coefficient (Wildman–Crippen LogP) is 5.11. The number of fused-ring (bicyclic) bond motifs is 1. The van der Waals surface area contributed by atoms with Crippen molar-refractivity contribution in [1.82, 2.24) is 0 Å². The summed E-state index contributed by atoms with van der Waals surface area (Å²) in [6.07, 6.45) is 1.17. The van der Waals surface area contributed by atoms with Gasteiger partial charge in [-0.25, -0.2) is 0 Å². The maximum atomic E-state index is 11.9. The molecule has 0 unspecified atom stereocenters.